The van der Waals surface area contributed by atoms with Crippen molar-refractivity contribution < 1.29 is 14.3 Å². The van der Waals surface area contributed by atoms with Gasteiger partial charge in [-0.1, -0.05) is 31.4 Å². The second-order valence-electron chi connectivity index (χ2n) is 4.09. The summed E-state index contributed by atoms with van der Waals surface area (Å²) >= 11 is 5.77. The molecule has 0 radical (unpaired) electrons. The van der Waals surface area contributed by atoms with Crippen molar-refractivity contribution in [3.63, 3.8) is 0 Å². The first-order chi connectivity index (χ1) is 8.60. The Labute approximate surface area is 112 Å². The van der Waals surface area contributed by atoms with Gasteiger partial charge in [0.2, 0.25) is 0 Å². The number of carbonyl (C=O) groups is 2. The van der Waals surface area contributed by atoms with Gasteiger partial charge in [-0.05, 0) is 30.7 Å². The average molecular weight is 269 g/mol. The molecule has 0 saturated heterocycles. The van der Waals surface area contributed by atoms with Crippen LogP contribution in [-0.2, 0) is 9.53 Å². The Balaban J connectivity index is 2.87. The van der Waals surface area contributed by atoms with Crippen LogP contribution in [0.5, 0.6) is 0 Å². The van der Waals surface area contributed by atoms with Gasteiger partial charge in [-0.2, -0.15) is 0 Å². The summed E-state index contributed by atoms with van der Waals surface area (Å²) in [5.74, 6) is -1.38. The molecule has 0 saturated carbocycles. The number of carbonyl (C=O) groups excluding carboxylic acids is 2. The highest BCUT2D eigenvalue weighted by atomic mass is 35.5. The van der Waals surface area contributed by atoms with Crippen LogP contribution in [0.3, 0.4) is 0 Å². The molecule has 1 rings (SSSR count). The quantitative estimate of drug-likeness (QED) is 0.450. The van der Waals surface area contributed by atoms with Crippen molar-refractivity contribution in [1.82, 2.24) is 0 Å². The average Bonchev–Trinajstić information content (AvgIpc) is 2.39. The molecule has 0 amide bonds. The van der Waals surface area contributed by atoms with Gasteiger partial charge < -0.3 is 4.74 Å². The van der Waals surface area contributed by atoms with Crippen molar-refractivity contribution in [2.24, 2.45) is 5.92 Å². The Bertz CT molecular complexity index is 412. The highest BCUT2D eigenvalue weighted by Crippen LogP contribution is 2.18. The van der Waals surface area contributed by atoms with Gasteiger partial charge in [0.15, 0.2) is 5.78 Å². The van der Waals surface area contributed by atoms with Crippen molar-refractivity contribution in [2.75, 3.05) is 7.11 Å². The van der Waals surface area contributed by atoms with Gasteiger partial charge in [0.05, 0.1) is 7.11 Å². The largest absolute Gasteiger partial charge is 0.468 e. The third-order valence-corrected chi connectivity index (χ3v) is 3.03. The van der Waals surface area contributed by atoms with E-state index in [9.17, 15) is 9.59 Å². The van der Waals surface area contributed by atoms with Gasteiger partial charge in [-0.25, -0.2) is 0 Å². The molecule has 0 aliphatic heterocycles. The van der Waals surface area contributed by atoms with E-state index in [-0.39, 0.29) is 5.78 Å². The highest BCUT2D eigenvalue weighted by molar-refractivity contribution is 6.30. The van der Waals surface area contributed by atoms with E-state index in [0.29, 0.717) is 17.0 Å². The Hall–Kier alpha value is -1.35. The predicted octanol–water partition coefficient (Wildman–Crippen LogP) is 3.50. The van der Waals surface area contributed by atoms with Crippen LogP contribution in [0.15, 0.2) is 24.3 Å². The zero-order valence-corrected chi connectivity index (χ0v) is 11.4. The topological polar surface area (TPSA) is 43.4 Å². The Morgan fingerprint density at radius 3 is 2.39 bits per heavy atom. The third kappa shape index (κ3) is 3.84. The summed E-state index contributed by atoms with van der Waals surface area (Å²) in [5, 5.41) is 0.565. The second kappa shape index (κ2) is 7.17. The summed E-state index contributed by atoms with van der Waals surface area (Å²) in [4.78, 5) is 23.8. The minimum atomic E-state index is -0.712. The van der Waals surface area contributed by atoms with Crippen molar-refractivity contribution in [3.05, 3.63) is 34.9 Å². The fourth-order valence-electron chi connectivity index (χ4n) is 1.72. The Morgan fingerprint density at radius 2 is 1.89 bits per heavy atom. The molecule has 0 N–H and O–H groups in total. The maximum Gasteiger partial charge on any atom is 0.316 e. The molecule has 4 heteroatoms. The van der Waals surface area contributed by atoms with Crippen LogP contribution in [0.2, 0.25) is 5.02 Å². The molecule has 1 aromatic carbocycles. The molecule has 18 heavy (non-hydrogen) atoms. The van der Waals surface area contributed by atoms with E-state index in [1.54, 1.807) is 24.3 Å². The summed E-state index contributed by atoms with van der Waals surface area (Å²) in [6, 6.07) is 6.55. The third-order valence-electron chi connectivity index (χ3n) is 2.78. The van der Waals surface area contributed by atoms with E-state index in [2.05, 4.69) is 4.74 Å². The number of ether oxygens (including phenoxy) is 1. The number of unbranched alkanes of at least 4 members (excludes halogenated alkanes) is 1. The number of hydrogen-bond acceptors (Lipinski definition) is 3. The van der Waals surface area contributed by atoms with Crippen LogP contribution < -0.4 is 0 Å². The van der Waals surface area contributed by atoms with E-state index >= 15 is 0 Å². The zero-order valence-electron chi connectivity index (χ0n) is 10.6. The first kappa shape index (κ1) is 14.7. The molecule has 0 heterocycles. The molecule has 1 aromatic rings. The fraction of sp³-hybridized carbons (Fsp3) is 0.429. The lowest BCUT2D eigenvalue weighted by Crippen LogP contribution is -2.25. The number of rotatable bonds is 6. The number of esters is 1. The van der Waals surface area contributed by atoms with Gasteiger partial charge in [-0.3, -0.25) is 9.59 Å². The lowest BCUT2D eigenvalue weighted by molar-refractivity contribution is -0.143. The first-order valence-electron chi connectivity index (χ1n) is 5.97. The molecule has 98 valence electrons. The highest BCUT2D eigenvalue weighted by Gasteiger charge is 2.27. The van der Waals surface area contributed by atoms with Gasteiger partial charge in [-0.15, -0.1) is 0 Å². The van der Waals surface area contributed by atoms with Crippen LogP contribution >= 0.6 is 11.6 Å². The molecule has 0 fully saturated rings. The zero-order chi connectivity index (χ0) is 13.5. The molecule has 0 spiro atoms. The first-order valence-corrected chi connectivity index (χ1v) is 6.35. The molecule has 0 aromatic heterocycles. The number of Topliss-reactive ketones (excluding diaryl/α,β-unsaturated/α-hetero) is 1. The van der Waals surface area contributed by atoms with Crippen molar-refractivity contribution in [3.8, 4) is 0 Å². The van der Waals surface area contributed by atoms with E-state index in [1.165, 1.54) is 7.11 Å². The fourth-order valence-corrected chi connectivity index (χ4v) is 1.85. The number of benzene rings is 1. The van der Waals surface area contributed by atoms with Crippen molar-refractivity contribution in [1.29, 1.82) is 0 Å². The standard InChI is InChI=1S/C14H17ClO3/c1-3-4-5-12(14(17)18-2)13(16)10-6-8-11(15)9-7-10/h6-9,12H,3-5H2,1-2H3. The Kier molecular flexibility index (Phi) is 5.86. The maximum absolute atomic E-state index is 12.2. The second-order valence-corrected chi connectivity index (χ2v) is 4.53. The lowest BCUT2D eigenvalue weighted by Gasteiger charge is -2.13. The number of halogens is 1. The summed E-state index contributed by atoms with van der Waals surface area (Å²) < 4.78 is 4.69. The van der Waals surface area contributed by atoms with Gasteiger partial charge >= 0.3 is 5.97 Å². The van der Waals surface area contributed by atoms with Crippen LogP contribution in [0.4, 0.5) is 0 Å². The van der Waals surface area contributed by atoms with Gasteiger partial charge in [0.25, 0.3) is 0 Å². The number of methoxy groups -OCH3 is 1. The molecular formula is C14H17ClO3. The molecule has 0 aliphatic carbocycles. The van der Waals surface area contributed by atoms with E-state index in [0.717, 1.165) is 12.8 Å². The normalized spacial score (nSPS) is 11.9. The van der Waals surface area contributed by atoms with Crippen molar-refractivity contribution >= 4 is 23.4 Å². The Morgan fingerprint density at radius 1 is 1.28 bits per heavy atom. The molecule has 0 bridgehead atoms. The van der Waals surface area contributed by atoms with Crippen LogP contribution in [0.1, 0.15) is 36.5 Å². The molecule has 1 atom stereocenters. The summed E-state index contributed by atoms with van der Waals surface area (Å²) in [6.45, 7) is 2.01. The maximum atomic E-state index is 12.2. The van der Waals surface area contributed by atoms with Gasteiger partial charge in [0, 0.05) is 10.6 Å². The van der Waals surface area contributed by atoms with Crippen LogP contribution in [-0.4, -0.2) is 18.9 Å². The summed E-state index contributed by atoms with van der Waals surface area (Å²) in [7, 11) is 1.30. The van der Waals surface area contributed by atoms with E-state index in [4.69, 9.17) is 11.6 Å². The lowest BCUT2D eigenvalue weighted by atomic mass is 9.93. The minimum absolute atomic E-state index is 0.202. The van der Waals surface area contributed by atoms with E-state index in [1.807, 2.05) is 6.92 Å². The monoisotopic (exact) mass is 268 g/mol. The van der Waals surface area contributed by atoms with Gasteiger partial charge in [0.1, 0.15) is 5.92 Å². The van der Waals surface area contributed by atoms with Crippen molar-refractivity contribution in [2.45, 2.75) is 26.2 Å². The summed E-state index contributed by atoms with van der Waals surface area (Å²) in [5.41, 5.74) is 0.492. The number of hydrogen-bond donors (Lipinski definition) is 0. The minimum Gasteiger partial charge on any atom is -0.468 e. The van der Waals surface area contributed by atoms with Crippen LogP contribution in [0, 0.1) is 5.92 Å². The van der Waals surface area contributed by atoms with Crippen LogP contribution in [0.25, 0.3) is 0 Å². The molecule has 3 nitrogen and oxygen atoms in total. The predicted molar refractivity (Wildman–Crippen MR) is 70.8 cm³/mol. The summed E-state index contributed by atoms with van der Waals surface area (Å²) in [6.07, 6.45) is 2.27. The van der Waals surface area contributed by atoms with E-state index < -0.39 is 11.9 Å². The number of ketones is 1. The molecule has 1 unspecified atom stereocenters. The smallest absolute Gasteiger partial charge is 0.316 e. The SMILES string of the molecule is CCCCC(C(=O)OC)C(=O)c1ccc(Cl)cc1. The molecule has 0 aliphatic rings. The molecular weight excluding hydrogens is 252 g/mol.